The predicted molar refractivity (Wildman–Crippen MR) is 95.3 cm³/mol. The summed E-state index contributed by atoms with van der Waals surface area (Å²) >= 11 is 0. The minimum Gasteiger partial charge on any atom is -0.365 e. The van der Waals surface area contributed by atoms with E-state index in [1.807, 2.05) is 32.3 Å². The van der Waals surface area contributed by atoms with Crippen LogP contribution < -0.4 is 5.32 Å². The Balaban J connectivity index is 1.62. The number of carbonyl (C=O) groups excluding carboxylic acids is 1. The van der Waals surface area contributed by atoms with Crippen LogP contribution >= 0.6 is 0 Å². The summed E-state index contributed by atoms with van der Waals surface area (Å²) in [5.41, 5.74) is 2.42. The molecule has 0 aliphatic carbocycles. The Morgan fingerprint density at radius 1 is 1.36 bits per heavy atom. The van der Waals surface area contributed by atoms with E-state index in [2.05, 4.69) is 25.5 Å². The van der Waals surface area contributed by atoms with Gasteiger partial charge in [0.1, 0.15) is 5.82 Å². The first kappa shape index (κ1) is 17.3. The van der Waals surface area contributed by atoms with Crippen LogP contribution in [0.3, 0.4) is 0 Å². The lowest BCUT2D eigenvalue weighted by Gasteiger charge is -2.17. The standard InChI is InChI=1S/C17H25N7O/c1-12-5-6-15(20-19-12)18-14-7-8-24(11-14)10-13-9-23(4)21-16(13)17(25)22(2)3/h5-6,9,14H,7-8,10-11H2,1-4H3,(H,18,20). The van der Waals surface area contributed by atoms with Crippen LogP contribution in [0.15, 0.2) is 18.3 Å². The van der Waals surface area contributed by atoms with Gasteiger partial charge in [0.15, 0.2) is 5.69 Å². The molecule has 1 aliphatic rings. The molecule has 1 unspecified atom stereocenters. The van der Waals surface area contributed by atoms with Crippen molar-refractivity contribution < 1.29 is 4.79 Å². The topological polar surface area (TPSA) is 79.2 Å². The largest absolute Gasteiger partial charge is 0.365 e. The molecule has 1 amide bonds. The molecule has 8 heteroatoms. The van der Waals surface area contributed by atoms with Gasteiger partial charge in [-0.25, -0.2) is 0 Å². The summed E-state index contributed by atoms with van der Waals surface area (Å²) in [6.45, 7) is 4.52. The Kier molecular flexibility index (Phi) is 4.98. The van der Waals surface area contributed by atoms with Gasteiger partial charge in [0.05, 0.1) is 5.69 Å². The van der Waals surface area contributed by atoms with E-state index < -0.39 is 0 Å². The smallest absolute Gasteiger partial charge is 0.274 e. The van der Waals surface area contributed by atoms with E-state index in [-0.39, 0.29) is 5.91 Å². The van der Waals surface area contributed by atoms with E-state index in [9.17, 15) is 4.79 Å². The molecule has 0 aromatic carbocycles. The van der Waals surface area contributed by atoms with Gasteiger partial charge >= 0.3 is 0 Å². The normalized spacial score (nSPS) is 17.7. The molecular formula is C17H25N7O. The fraction of sp³-hybridized carbons (Fsp3) is 0.529. The summed E-state index contributed by atoms with van der Waals surface area (Å²) in [7, 11) is 5.35. The van der Waals surface area contributed by atoms with E-state index in [1.165, 1.54) is 0 Å². The number of nitrogens with zero attached hydrogens (tertiary/aromatic N) is 6. The highest BCUT2D eigenvalue weighted by Crippen LogP contribution is 2.18. The predicted octanol–water partition coefficient (Wildman–Crippen LogP) is 0.907. The lowest BCUT2D eigenvalue weighted by Crippen LogP contribution is -2.28. The van der Waals surface area contributed by atoms with Crippen molar-refractivity contribution in [3.8, 4) is 0 Å². The Labute approximate surface area is 147 Å². The maximum absolute atomic E-state index is 12.3. The molecule has 2 aromatic rings. The zero-order valence-corrected chi connectivity index (χ0v) is 15.2. The van der Waals surface area contributed by atoms with Crippen LogP contribution in [0.1, 0.15) is 28.2 Å². The first-order chi connectivity index (χ1) is 11.9. The summed E-state index contributed by atoms with van der Waals surface area (Å²) in [6.07, 6.45) is 2.97. The average Bonchev–Trinajstić information content (AvgIpc) is 3.15. The molecule has 1 saturated heterocycles. The number of amides is 1. The third-order valence-electron chi connectivity index (χ3n) is 4.33. The zero-order chi connectivity index (χ0) is 18.0. The fourth-order valence-corrected chi connectivity index (χ4v) is 3.07. The van der Waals surface area contributed by atoms with Crippen LogP contribution in [0.25, 0.3) is 0 Å². The lowest BCUT2D eigenvalue weighted by molar-refractivity contribution is 0.0819. The van der Waals surface area contributed by atoms with E-state index in [0.717, 1.165) is 43.1 Å². The maximum Gasteiger partial charge on any atom is 0.274 e. The van der Waals surface area contributed by atoms with Gasteiger partial charge in [-0.05, 0) is 25.5 Å². The number of hydrogen-bond acceptors (Lipinski definition) is 6. The highest BCUT2D eigenvalue weighted by molar-refractivity contribution is 5.93. The highest BCUT2D eigenvalue weighted by atomic mass is 16.2. The zero-order valence-electron chi connectivity index (χ0n) is 15.2. The molecule has 1 N–H and O–H groups in total. The second-order valence-corrected chi connectivity index (χ2v) is 6.80. The summed E-state index contributed by atoms with van der Waals surface area (Å²) in [5, 5.41) is 16.0. The first-order valence-electron chi connectivity index (χ1n) is 8.46. The number of aryl methyl sites for hydroxylation is 2. The first-order valence-corrected chi connectivity index (χ1v) is 8.46. The van der Waals surface area contributed by atoms with Crippen molar-refractivity contribution in [2.45, 2.75) is 25.9 Å². The molecule has 0 spiro atoms. The average molecular weight is 343 g/mol. The van der Waals surface area contributed by atoms with Crippen LogP contribution in [0.5, 0.6) is 0 Å². The van der Waals surface area contributed by atoms with Crippen LogP contribution in [-0.4, -0.2) is 68.9 Å². The summed E-state index contributed by atoms with van der Waals surface area (Å²) in [5.74, 6) is 0.752. The van der Waals surface area contributed by atoms with Gasteiger partial charge in [-0.15, -0.1) is 5.10 Å². The molecule has 1 atom stereocenters. The minimum atomic E-state index is -0.0561. The van der Waals surface area contributed by atoms with Crippen molar-refractivity contribution in [1.82, 2.24) is 29.8 Å². The van der Waals surface area contributed by atoms with Gasteiger partial charge in [-0.1, -0.05) is 0 Å². The molecule has 8 nitrogen and oxygen atoms in total. The second-order valence-electron chi connectivity index (χ2n) is 6.80. The molecule has 0 bridgehead atoms. The number of nitrogens with one attached hydrogen (secondary N) is 1. The summed E-state index contributed by atoms with van der Waals surface area (Å²) < 4.78 is 1.71. The highest BCUT2D eigenvalue weighted by Gasteiger charge is 2.26. The molecule has 1 fully saturated rings. The van der Waals surface area contributed by atoms with E-state index in [4.69, 9.17) is 0 Å². The van der Waals surface area contributed by atoms with Gasteiger partial charge in [-0.2, -0.15) is 10.2 Å². The summed E-state index contributed by atoms with van der Waals surface area (Å²) in [6, 6.07) is 4.25. The van der Waals surface area contributed by atoms with Crippen LogP contribution in [-0.2, 0) is 13.6 Å². The van der Waals surface area contributed by atoms with Crippen LogP contribution in [0, 0.1) is 6.92 Å². The van der Waals surface area contributed by atoms with E-state index >= 15 is 0 Å². The molecule has 1 aliphatic heterocycles. The molecule has 134 valence electrons. The Hall–Kier alpha value is -2.48. The minimum absolute atomic E-state index is 0.0561. The molecule has 2 aromatic heterocycles. The monoisotopic (exact) mass is 343 g/mol. The van der Waals surface area contributed by atoms with Gasteiger partial charge in [0.25, 0.3) is 5.91 Å². The quantitative estimate of drug-likeness (QED) is 0.869. The number of aromatic nitrogens is 4. The number of rotatable bonds is 5. The third-order valence-corrected chi connectivity index (χ3v) is 4.33. The second kappa shape index (κ2) is 7.18. The Morgan fingerprint density at radius 2 is 2.16 bits per heavy atom. The maximum atomic E-state index is 12.3. The van der Waals surface area contributed by atoms with Gasteiger partial charge in [0, 0.05) is 58.6 Å². The molecule has 3 heterocycles. The van der Waals surface area contributed by atoms with Gasteiger partial charge in [-0.3, -0.25) is 14.4 Å². The van der Waals surface area contributed by atoms with Crippen molar-refractivity contribution in [1.29, 1.82) is 0 Å². The van der Waals surface area contributed by atoms with Crippen molar-refractivity contribution in [3.05, 3.63) is 35.3 Å². The summed E-state index contributed by atoms with van der Waals surface area (Å²) in [4.78, 5) is 16.2. The third kappa shape index (κ3) is 4.14. The lowest BCUT2D eigenvalue weighted by atomic mass is 10.2. The van der Waals surface area contributed by atoms with Crippen LogP contribution in [0.2, 0.25) is 0 Å². The Morgan fingerprint density at radius 3 is 2.84 bits per heavy atom. The molecule has 0 radical (unpaired) electrons. The van der Waals surface area contributed by atoms with E-state index in [0.29, 0.717) is 11.7 Å². The Bertz CT molecular complexity index is 738. The molecular weight excluding hydrogens is 318 g/mol. The van der Waals surface area contributed by atoms with Crippen LogP contribution in [0.4, 0.5) is 5.82 Å². The number of carbonyl (C=O) groups is 1. The molecule has 3 rings (SSSR count). The number of likely N-dealkylation sites (tertiary alicyclic amines) is 1. The number of hydrogen-bond donors (Lipinski definition) is 1. The van der Waals surface area contributed by atoms with Crippen molar-refractivity contribution in [2.24, 2.45) is 7.05 Å². The molecule has 0 saturated carbocycles. The van der Waals surface area contributed by atoms with E-state index in [1.54, 1.807) is 23.7 Å². The number of anilines is 1. The molecule has 25 heavy (non-hydrogen) atoms. The van der Waals surface area contributed by atoms with Gasteiger partial charge in [0.2, 0.25) is 0 Å². The van der Waals surface area contributed by atoms with Crippen molar-refractivity contribution >= 4 is 11.7 Å². The SMILES string of the molecule is Cc1ccc(NC2CCN(Cc3cn(C)nc3C(=O)N(C)C)C2)nn1. The van der Waals surface area contributed by atoms with Crippen molar-refractivity contribution in [2.75, 3.05) is 32.5 Å². The fourth-order valence-electron chi connectivity index (χ4n) is 3.07. The van der Waals surface area contributed by atoms with Gasteiger partial charge < -0.3 is 10.2 Å². The van der Waals surface area contributed by atoms with Crippen molar-refractivity contribution in [3.63, 3.8) is 0 Å².